The average Bonchev–Trinajstić information content (AvgIpc) is 3.39. The molecule has 1 saturated heterocycles. The lowest BCUT2D eigenvalue weighted by Crippen LogP contribution is -2.35. The number of aromatic nitrogens is 1. The second-order valence-electron chi connectivity index (χ2n) is 7.55. The Labute approximate surface area is 197 Å². The maximum atomic E-state index is 14.6. The molecule has 172 valence electrons. The SMILES string of the molecule is O=C(NC[C@@H]1CN(C(=O)Nc2ccc(-n3ccccc3=O)cc2F)C[C@@H]1O)c1ccc(Cl)s1. The zero-order valence-corrected chi connectivity index (χ0v) is 18.8. The Morgan fingerprint density at radius 3 is 2.70 bits per heavy atom. The molecule has 2 aromatic heterocycles. The molecule has 1 aromatic carbocycles. The fraction of sp³-hybridized carbons (Fsp3) is 0.227. The first-order chi connectivity index (χ1) is 15.8. The van der Waals surface area contributed by atoms with E-state index in [1.54, 1.807) is 24.3 Å². The average molecular weight is 491 g/mol. The summed E-state index contributed by atoms with van der Waals surface area (Å²) in [5, 5.41) is 15.5. The number of anilines is 1. The summed E-state index contributed by atoms with van der Waals surface area (Å²) in [5.41, 5.74) is -0.0240. The molecule has 1 aliphatic rings. The molecule has 1 fully saturated rings. The number of rotatable bonds is 5. The van der Waals surface area contributed by atoms with Crippen molar-refractivity contribution in [2.75, 3.05) is 25.0 Å². The number of β-amino-alcohol motifs (C(OH)–C–C–N with tert-alkyl or cyclic N) is 1. The van der Waals surface area contributed by atoms with Crippen LogP contribution in [0.25, 0.3) is 5.69 Å². The number of benzene rings is 1. The Balaban J connectivity index is 1.35. The maximum absolute atomic E-state index is 14.6. The molecular formula is C22H20ClFN4O4S. The van der Waals surface area contributed by atoms with Gasteiger partial charge in [-0.3, -0.25) is 14.2 Å². The topological polar surface area (TPSA) is 104 Å². The van der Waals surface area contributed by atoms with Gasteiger partial charge in [0.25, 0.3) is 11.5 Å². The van der Waals surface area contributed by atoms with Gasteiger partial charge in [0, 0.05) is 43.9 Å². The first-order valence-electron chi connectivity index (χ1n) is 10.1. The quantitative estimate of drug-likeness (QED) is 0.511. The van der Waals surface area contributed by atoms with Crippen LogP contribution in [0.15, 0.2) is 59.5 Å². The van der Waals surface area contributed by atoms with E-state index in [4.69, 9.17) is 11.6 Å². The minimum absolute atomic E-state index is 0.0476. The fourth-order valence-corrected chi connectivity index (χ4v) is 4.52. The van der Waals surface area contributed by atoms with Gasteiger partial charge < -0.3 is 20.6 Å². The molecule has 3 amide bonds. The Kier molecular flexibility index (Phi) is 6.77. The largest absolute Gasteiger partial charge is 0.391 e. The van der Waals surface area contributed by atoms with Crippen LogP contribution in [0.3, 0.4) is 0 Å². The predicted octanol–water partition coefficient (Wildman–Crippen LogP) is 2.95. The number of nitrogens with zero attached hydrogens (tertiary/aromatic N) is 2. The first kappa shape index (κ1) is 23.0. The van der Waals surface area contributed by atoms with Crippen molar-refractivity contribution in [1.29, 1.82) is 0 Å². The van der Waals surface area contributed by atoms with Crippen LogP contribution in [0.5, 0.6) is 0 Å². The van der Waals surface area contributed by atoms with Crippen molar-refractivity contribution in [3.63, 3.8) is 0 Å². The number of nitrogens with one attached hydrogen (secondary N) is 2. The van der Waals surface area contributed by atoms with Crippen LogP contribution in [0, 0.1) is 11.7 Å². The number of aliphatic hydroxyl groups is 1. The maximum Gasteiger partial charge on any atom is 0.322 e. The monoisotopic (exact) mass is 490 g/mol. The highest BCUT2D eigenvalue weighted by atomic mass is 35.5. The summed E-state index contributed by atoms with van der Waals surface area (Å²) in [6.45, 7) is 0.419. The van der Waals surface area contributed by atoms with Crippen LogP contribution < -0.4 is 16.2 Å². The number of amides is 3. The molecule has 0 spiro atoms. The van der Waals surface area contributed by atoms with Crippen molar-refractivity contribution in [3.05, 3.63) is 80.1 Å². The zero-order valence-electron chi connectivity index (χ0n) is 17.2. The van der Waals surface area contributed by atoms with Crippen LogP contribution in [-0.4, -0.2) is 52.3 Å². The van der Waals surface area contributed by atoms with E-state index in [1.165, 1.54) is 33.9 Å². The normalized spacial score (nSPS) is 17.7. The van der Waals surface area contributed by atoms with E-state index in [0.717, 1.165) is 17.4 Å². The highest BCUT2D eigenvalue weighted by molar-refractivity contribution is 7.18. The van der Waals surface area contributed by atoms with Gasteiger partial charge in [-0.1, -0.05) is 17.7 Å². The summed E-state index contributed by atoms with van der Waals surface area (Å²) < 4.78 is 16.4. The molecular weight excluding hydrogens is 471 g/mol. The molecule has 2 atom stereocenters. The minimum Gasteiger partial charge on any atom is -0.391 e. The number of aliphatic hydroxyl groups excluding tert-OH is 1. The second-order valence-corrected chi connectivity index (χ2v) is 9.26. The molecule has 4 rings (SSSR count). The van der Waals surface area contributed by atoms with Crippen LogP contribution in [-0.2, 0) is 0 Å². The molecule has 0 radical (unpaired) electrons. The molecule has 3 heterocycles. The third kappa shape index (κ3) is 5.24. The van der Waals surface area contributed by atoms with Crippen molar-refractivity contribution >= 4 is 40.6 Å². The van der Waals surface area contributed by atoms with E-state index < -0.39 is 18.0 Å². The van der Waals surface area contributed by atoms with Crippen molar-refractivity contribution in [2.24, 2.45) is 5.92 Å². The van der Waals surface area contributed by atoms with Gasteiger partial charge in [0.05, 0.1) is 26.7 Å². The highest BCUT2D eigenvalue weighted by Crippen LogP contribution is 2.23. The number of hydrogen-bond donors (Lipinski definition) is 3. The van der Waals surface area contributed by atoms with E-state index in [1.807, 2.05) is 0 Å². The van der Waals surface area contributed by atoms with Gasteiger partial charge in [-0.2, -0.15) is 0 Å². The third-order valence-electron chi connectivity index (χ3n) is 5.31. The van der Waals surface area contributed by atoms with Gasteiger partial charge in [-0.15, -0.1) is 11.3 Å². The van der Waals surface area contributed by atoms with Crippen LogP contribution in [0.4, 0.5) is 14.9 Å². The number of pyridine rings is 1. The van der Waals surface area contributed by atoms with Gasteiger partial charge in [0.15, 0.2) is 0 Å². The van der Waals surface area contributed by atoms with Crippen molar-refractivity contribution < 1.29 is 19.1 Å². The summed E-state index contributed by atoms with van der Waals surface area (Å²) in [6.07, 6.45) is 0.688. The Bertz CT molecular complexity index is 1250. The van der Waals surface area contributed by atoms with Crippen LogP contribution in [0.1, 0.15) is 9.67 Å². The van der Waals surface area contributed by atoms with E-state index in [-0.39, 0.29) is 42.7 Å². The lowest BCUT2D eigenvalue weighted by Gasteiger charge is -2.18. The molecule has 0 bridgehead atoms. The molecule has 33 heavy (non-hydrogen) atoms. The Morgan fingerprint density at radius 1 is 1.18 bits per heavy atom. The second kappa shape index (κ2) is 9.74. The van der Waals surface area contributed by atoms with Gasteiger partial charge in [0.2, 0.25) is 0 Å². The van der Waals surface area contributed by atoms with Crippen molar-refractivity contribution in [1.82, 2.24) is 14.8 Å². The van der Waals surface area contributed by atoms with Crippen molar-refractivity contribution in [3.8, 4) is 5.69 Å². The Hall–Kier alpha value is -3.21. The zero-order chi connectivity index (χ0) is 23.5. The summed E-state index contributed by atoms with van der Waals surface area (Å²) >= 11 is 6.99. The number of urea groups is 1. The minimum atomic E-state index is -0.833. The molecule has 3 aromatic rings. The molecule has 1 aliphatic heterocycles. The summed E-state index contributed by atoms with van der Waals surface area (Å²) in [6, 6.07) is 11.3. The number of likely N-dealkylation sites (tertiary alicyclic amines) is 1. The van der Waals surface area contributed by atoms with Gasteiger partial charge in [-0.05, 0) is 30.3 Å². The van der Waals surface area contributed by atoms with E-state index in [9.17, 15) is 23.9 Å². The molecule has 3 N–H and O–H groups in total. The molecule has 11 heteroatoms. The fourth-order valence-electron chi connectivity index (χ4n) is 3.56. The van der Waals surface area contributed by atoms with E-state index >= 15 is 0 Å². The molecule has 0 saturated carbocycles. The van der Waals surface area contributed by atoms with Gasteiger partial charge >= 0.3 is 6.03 Å². The van der Waals surface area contributed by atoms with Gasteiger partial charge in [0.1, 0.15) is 5.82 Å². The standard InChI is InChI=1S/C22H20ClFN4O4S/c23-19-7-6-18(33-19)21(31)25-10-13-11-27(12-17(13)29)22(32)26-16-5-4-14(9-15(16)24)28-8-2-1-3-20(28)30/h1-9,13,17,29H,10-12H2,(H,25,31)(H,26,32)/t13-,17+/m1/s1. The number of thiophene rings is 1. The Morgan fingerprint density at radius 2 is 2.00 bits per heavy atom. The van der Waals surface area contributed by atoms with E-state index in [0.29, 0.717) is 14.9 Å². The van der Waals surface area contributed by atoms with Gasteiger partial charge in [-0.25, -0.2) is 9.18 Å². The first-order valence-corrected chi connectivity index (χ1v) is 11.3. The molecule has 8 nitrogen and oxygen atoms in total. The highest BCUT2D eigenvalue weighted by Gasteiger charge is 2.34. The summed E-state index contributed by atoms with van der Waals surface area (Å²) in [7, 11) is 0. The third-order valence-corrected chi connectivity index (χ3v) is 6.54. The number of carbonyl (C=O) groups is 2. The van der Waals surface area contributed by atoms with Crippen LogP contribution >= 0.6 is 22.9 Å². The van der Waals surface area contributed by atoms with E-state index in [2.05, 4.69) is 10.6 Å². The molecule has 0 unspecified atom stereocenters. The lowest BCUT2D eigenvalue weighted by atomic mass is 10.1. The summed E-state index contributed by atoms with van der Waals surface area (Å²) in [4.78, 5) is 38.5. The number of carbonyl (C=O) groups excluding carboxylic acids is 2. The summed E-state index contributed by atoms with van der Waals surface area (Å²) in [5.74, 6) is -1.37. The van der Waals surface area contributed by atoms with Crippen molar-refractivity contribution in [2.45, 2.75) is 6.10 Å². The molecule has 0 aliphatic carbocycles. The number of hydrogen-bond acceptors (Lipinski definition) is 5. The smallest absolute Gasteiger partial charge is 0.322 e. The van der Waals surface area contributed by atoms with Crippen LogP contribution in [0.2, 0.25) is 4.34 Å². The number of halogens is 2. The predicted molar refractivity (Wildman–Crippen MR) is 124 cm³/mol. The lowest BCUT2D eigenvalue weighted by molar-refractivity contribution is 0.0930.